The van der Waals surface area contributed by atoms with E-state index in [4.69, 9.17) is 25.6 Å². The summed E-state index contributed by atoms with van der Waals surface area (Å²) in [4.78, 5) is 12.9. The number of amides is 1. The summed E-state index contributed by atoms with van der Waals surface area (Å²) < 4.78 is 18.3. The second kappa shape index (κ2) is 10.6. The Labute approximate surface area is 230 Å². The van der Waals surface area contributed by atoms with Crippen molar-refractivity contribution in [3.63, 3.8) is 0 Å². The number of rotatable bonds is 7. The number of ether oxygens (including phenoxy) is 1. The molecule has 7 heteroatoms. The standard InChI is InChI=1S/C31H33BClNO4/c1-30(2)31(3,4)38-32(37-30)23(17-21-13-15-22(18-33)16-14-21)19-34-29(35)36-20-28-26-11-7-5-9-24(26)25-10-6-8-12-27(25)28/h5-17,28H,18-20H2,1-4H3,(H,34,35). The van der Waals surface area contributed by atoms with E-state index < -0.39 is 24.4 Å². The van der Waals surface area contributed by atoms with Gasteiger partial charge in [-0.3, -0.25) is 0 Å². The minimum atomic E-state index is -0.596. The molecule has 0 saturated carbocycles. The molecule has 1 heterocycles. The van der Waals surface area contributed by atoms with Crippen LogP contribution in [-0.4, -0.2) is 37.6 Å². The number of nitrogens with one attached hydrogen (secondary N) is 1. The van der Waals surface area contributed by atoms with Crippen LogP contribution in [0.3, 0.4) is 0 Å². The van der Waals surface area contributed by atoms with Crippen molar-refractivity contribution in [1.29, 1.82) is 0 Å². The third-order valence-corrected chi connectivity index (χ3v) is 8.13. The molecule has 3 aromatic carbocycles. The Kier molecular flexibility index (Phi) is 7.41. The molecule has 3 aromatic rings. The lowest BCUT2D eigenvalue weighted by atomic mass is 9.77. The first-order valence-corrected chi connectivity index (χ1v) is 13.5. The Morgan fingerprint density at radius 1 is 0.921 bits per heavy atom. The van der Waals surface area contributed by atoms with E-state index in [1.807, 2.05) is 82.3 Å². The van der Waals surface area contributed by atoms with Crippen LogP contribution in [0, 0.1) is 0 Å². The molecule has 1 N–H and O–H groups in total. The summed E-state index contributed by atoms with van der Waals surface area (Å²) in [6.45, 7) is 8.54. The van der Waals surface area contributed by atoms with Gasteiger partial charge in [-0.25, -0.2) is 4.79 Å². The molecule has 0 bridgehead atoms. The molecule has 196 valence electrons. The predicted molar refractivity (Wildman–Crippen MR) is 153 cm³/mol. The van der Waals surface area contributed by atoms with Crippen LogP contribution in [0.2, 0.25) is 0 Å². The molecule has 38 heavy (non-hydrogen) atoms. The van der Waals surface area contributed by atoms with Gasteiger partial charge in [-0.15, -0.1) is 11.6 Å². The maximum atomic E-state index is 12.9. The molecule has 1 aliphatic heterocycles. The highest BCUT2D eigenvalue weighted by Crippen LogP contribution is 2.44. The molecule has 5 nitrogen and oxygen atoms in total. The van der Waals surface area contributed by atoms with Crippen molar-refractivity contribution in [3.8, 4) is 11.1 Å². The number of carbonyl (C=O) groups is 1. The van der Waals surface area contributed by atoms with Gasteiger partial charge in [0.05, 0.1) is 11.2 Å². The lowest BCUT2D eigenvalue weighted by molar-refractivity contribution is 0.00578. The van der Waals surface area contributed by atoms with Crippen LogP contribution < -0.4 is 5.32 Å². The molecule has 0 spiro atoms. The second-order valence-corrected chi connectivity index (χ2v) is 11.1. The summed E-state index contributed by atoms with van der Waals surface area (Å²) in [5.41, 5.74) is 6.57. The molecule has 0 unspecified atom stereocenters. The van der Waals surface area contributed by atoms with E-state index in [2.05, 4.69) is 29.6 Å². The molecule has 1 saturated heterocycles. The van der Waals surface area contributed by atoms with E-state index in [0.29, 0.717) is 5.88 Å². The molecular weight excluding hydrogens is 497 g/mol. The summed E-state index contributed by atoms with van der Waals surface area (Å²) >= 11 is 5.95. The lowest BCUT2D eigenvalue weighted by Gasteiger charge is -2.32. The number of hydrogen-bond acceptors (Lipinski definition) is 4. The van der Waals surface area contributed by atoms with Crippen LogP contribution in [0.15, 0.2) is 78.3 Å². The fourth-order valence-corrected chi connectivity index (χ4v) is 5.12. The van der Waals surface area contributed by atoms with Crippen LogP contribution in [0.4, 0.5) is 4.79 Å². The van der Waals surface area contributed by atoms with Gasteiger partial charge in [0.2, 0.25) is 0 Å². The van der Waals surface area contributed by atoms with E-state index in [-0.39, 0.29) is 19.1 Å². The van der Waals surface area contributed by atoms with Crippen LogP contribution in [0.1, 0.15) is 55.9 Å². The quantitative estimate of drug-likeness (QED) is 0.265. The molecule has 0 aromatic heterocycles. The minimum Gasteiger partial charge on any atom is -0.449 e. The van der Waals surface area contributed by atoms with Gasteiger partial charge in [0.15, 0.2) is 0 Å². The first-order valence-electron chi connectivity index (χ1n) is 13.0. The summed E-state index contributed by atoms with van der Waals surface area (Å²) in [7, 11) is -0.596. The van der Waals surface area contributed by atoms with Gasteiger partial charge in [-0.05, 0) is 66.5 Å². The summed E-state index contributed by atoms with van der Waals surface area (Å²) in [5.74, 6) is 0.462. The number of alkyl halides is 1. The van der Waals surface area contributed by atoms with Crippen LogP contribution >= 0.6 is 11.6 Å². The summed E-state index contributed by atoms with van der Waals surface area (Å²) in [6.07, 6.45) is 1.51. The third-order valence-electron chi connectivity index (χ3n) is 7.82. The molecule has 0 radical (unpaired) electrons. The van der Waals surface area contributed by atoms with Gasteiger partial charge >= 0.3 is 13.2 Å². The Balaban J connectivity index is 1.29. The van der Waals surface area contributed by atoms with Crippen molar-refractivity contribution >= 4 is 30.9 Å². The first kappa shape index (κ1) is 26.5. The second-order valence-electron chi connectivity index (χ2n) is 10.9. The average Bonchev–Trinajstić information content (AvgIpc) is 3.34. The van der Waals surface area contributed by atoms with Gasteiger partial charge in [0, 0.05) is 18.3 Å². The van der Waals surface area contributed by atoms with E-state index >= 15 is 0 Å². The first-order chi connectivity index (χ1) is 18.2. The van der Waals surface area contributed by atoms with E-state index in [0.717, 1.165) is 16.6 Å². The number of halogens is 1. The molecular formula is C31H33BClNO4. The predicted octanol–water partition coefficient (Wildman–Crippen LogP) is 6.98. The van der Waals surface area contributed by atoms with Gasteiger partial charge < -0.3 is 19.4 Å². The Morgan fingerprint density at radius 2 is 1.47 bits per heavy atom. The largest absolute Gasteiger partial charge is 0.492 e. The molecule has 0 atom stereocenters. The molecule has 1 amide bonds. The van der Waals surface area contributed by atoms with Gasteiger partial charge in [-0.2, -0.15) is 0 Å². The highest BCUT2D eigenvalue weighted by molar-refractivity contribution is 6.56. The Bertz CT molecular complexity index is 1290. The highest BCUT2D eigenvalue weighted by Gasteiger charge is 2.52. The zero-order valence-electron chi connectivity index (χ0n) is 22.3. The summed E-state index contributed by atoms with van der Waals surface area (Å²) in [6, 6.07) is 24.6. The van der Waals surface area contributed by atoms with Gasteiger partial charge in [0.1, 0.15) is 6.61 Å². The highest BCUT2D eigenvalue weighted by atomic mass is 35.5. The van der Waals surface area contributed by atoms with E-state index in [1.165, 1.54) is 22.3 Å². The maximum absolute atomic E-state index is 12.9. The van der Waals surface area contributed by atoms with Crippen molar-refractivity contribution in [2.75, 3.05) is 13.2 Å². The van der Waals surface area contributed by atoms with Crippen LogP contribution in [0.25, 0.3) is 17.2 Å². The maximum Gasteiger partial charge on any atom is 0.492 e. The van der Waals surface area contributed by atoms with E-state index in [9.17, 15) is 4.79 Å². The zero-order valence-corrected chi connectivity index (χ0v) is 23.0. The smallest absolute Gasteiger partial charge is 0.449 e. The molecule has 2 aliphatic rings. The van der Waals surface area contributed by atoms with Crippen LogP contribution in [0.5, 0.6) is 0 Å². The van der Waals surface area contributed by atoms with Crippen molar-refractivity contribution < 1.29 is 18.8 Å². The number of carbonyl (C=O) groups excluding carboxylic acids is 1. The van der Waals surface area contributed by atoms with Crippen LogP contribution in [-0.2, 0) is 19.9 Å². The third kappa shape index (κ3) is 5.26. The number of hydrogen-bond donors (Lipinski definition) is 1. The zero-order chi connectivity index (χ0) is 26.9. The van der Waals surface area contributed by atoms with Crippen molar-refractivity contribution in [2.45, 2.75) is 50.7 Å². The Hall–Kier alpha value is -3.06. The number of fused-ring (bicyclic) bond motifs is 3. The molecule has 1 aliphatic carbocycles. The number of alkyl carbamates (subject to hydrolysis) is 1. The van der Waals surface area contributed by atoms with Gasteiger partial charge in [0.25, 0.3) is 0 Å². The SMILES string of the molecule is CC1(C)OB(C(=Cc2ccc(CCl)cc2)CNC(=O)OCC2c3ccccc3-c3ccccc32)OC1(C)C. The minimum absolute atomic E-state index is 0.00621. The summed E-state index contributed by atoms with van der Waals surface area (Å²) in [5, 5.41) is 2.92. The normalized spacial score (nSPS) is 17.7. The fourth-order valence-electron chi connectivity index (χ4n) is 4.94. The number of benzene rings is 3. The lowest BCUT2D eigenvalue weighted by Crippen LogP contribution is -2.41. The Morgan fingerprint density at radius 3 is 2.03 bits per heavy atom. The van der Waals surface area contributed by atoms with Crippen molar-refractivity contribution in [2.24, 2.45) is 0 Å². The van der Waals surface area contributed by atoms with Gasteiger partial charge in [-0.1, -0.05) is 78.9 Å². The van der Waals surface area contributed by atoms with Crippen molar-refractivity contribution in [1.82, 2.24) is 5.32 Å². The monoisotopic (exact) mass is 529 g/mol. The fraction of sp³-hybridized carbons (Fsp3) is 0.323. The van der Waals surface area contributed by atoms with E-state index in [1.54, 1.807) is 0 Å². The molecule has 5 rings (SSSR count). The topological polar surface area (TPSA) is 56.8 Å². The van der Waals surface area contributed by atoms with Crippen molar-refractivity contribution in [3.05, 3.63) is 101 Å². The average molecular weight is 530 g/mol. The molecule has 1 fully saturated rings.